The minimum atomic E-state index is -0.570. The van der Waals surface area contributed by atoms with Crippen LogP contribution in [-0.4, -0.2) is 9.55 Å². The number of nitrogens with zero attached hydrogens (tertiary/aromatic N) is 2. The fourth-order valence-corrected chi connectivity index (χ4v) is 3.19. The molecule has 0 fully saturated rings. The third-order valence-corrected chi connectivity index (χ3v) is 4.47. The number of ether oxygens (including phenoxy) is 1. The van der Waals surface area contributed by atoms with Crippen LogP contribution < -0.4 is 0 Å². The van der Waals surface area contributed by atoms with Crippen LogP contribution in [0.5, 0.6) is 0 Å². The molecule has 27 heavy (non-hydrogen) atoms. The third kappa shape index (κ3) is 4.80. The maximum atomic E-state index is 13.6. The number of hydrogen-bond acceptors (Lipinski definition) is 2. The Hall–Kier alpha value is -2.53. The van der Waals surface area contributed by atoms with Crippen molar-refractivity contribution in [2.75, 3.05) is 0 Å². The Balaban J connectivity index is 1.84. The molecule has 0 N–H and O–H groups in total. The van der Waals surface area contributed by atoms with Gasteiger partial charge in [0.15, 0.2) is 0 Å². The first-order chi connectivity index (χ1) is 12.9. The molecule has 1 heterocycles. The van der Waals surface area contributed by atoms with E-state index < -0.39 is 11.6 Å². The Morgan fingerprint density at radius 2 is 1.67 bits per heavy atom. The fourth-order valence-electron chi connectivity index (χ4n) is 3.19. The molecular weight excluding hydrogens is 346 g/mol. The summed E-state index contributed by atoms with van der Waals surface area (Å²) in [5, 5.41) is 0. The van der Waals surface area contributed by atoms with E-state index in [4.69, 9.17) is 4.74 Å². The van der Waals surface area contributed by atoms with Crippen molar-refractivity contribution >= 4 is 0 Å². The Morgan fingerprint density at radius 3 is 2.30 bits per heavy atom. The van der Waals surface area contributed by atoms with Crippen molar-refractivity contribution in [3.63, 3.8) is 0 Å². The molecule has 5 heteroatoms. The number of imidazole rings is 1. The molecular formula is C22H24F2N2O. The van der Waals surface area contributed by atoms with Gasteiger partial charge < -0.3 is 9.30 Å². The van der Waals surface area contributed by atoms with Crippen molar-refractivity contribution in [2.45, 2.75) is 46.4 Å². The molecule has 0 radical (unpaired) electrons. The molecule has 0 saturated heterocycles. The molecule has 0 saturated carbocycles. The minimum Gasteiger partial charge on any atom is -0.356 e. The molecule has 3 rings (SSSR count). The first-order valence-corrected chi connectivity index (χ1v) is 9.06. The van der Waals surface area contributed by atoms with Gasteiger partial charge >= 0.3 is 0 Å². The first kappa shape index (κ1) is 19.2. The van der Waals surface area contributed by atoms with Crippen LogP contribution in [-0.2, 0) is 24.5 Å². The summed E-state index contributed by atoms with van der Waals surface area (Å²) < 4.78 is 35.1. The standard InChI is InChI=1S/C22H24F2N2O/c1-15(2)22-21(11-18-9-19(23)12-20(24)10-18)26(16(3)25-22)14-27-13-17-7-5-4-6-8-17/h4-10,12,15H,11,13-14H2,1-3H3. The van der Waals surface area contributed by atoms with Gasteiger partial charge in [0, 0.05) is 18.2 Å². The zero-order chi connectivity index (χ0) is 19.4. The number of aryl methyl sites for hydroxylation is 1. The van der Waals surface area contributed by atoms with Crippen molar-refractivity contribution in [1.29, 1.82) is 0 Å². The van der Waals surface area contributed by atoms with E-state index in [0.717, 1.165) is 28.8 Å². The topological polar surface area (TPSA) is 27.1 Å². The molecule has 0 aliphatic heterocycles. The summed E-state index contributed by atoms with van der Waals surface area (Å²) in [6.45, 7) is 6.88. The molecule has 0 atom stereocenters. The average Bonchev–Trinajstić information content (AvgIpc) is 2.91. The number of halogens is 2. The second-order valence-electron chi connectivity index (χ2n) is 6.99. The van der Waals surface area contributed by atoms with Gasteiger partial charge in [-0.1, -0.05) is 44.2 Å². The summed E-state index contributed by atoms with van der Waals surface area (Å²) in [4.78, 5) is 4.67. The Kier molecular flexibility index (Phi) is 6.01. The smallest absolute Gasteiger partial charge is 0.126 e. The van der Waals surface area contributed by atoms with Crippen LogP contribution in [0.1, 0.15) is 48.1 Å². The van der Waals surface area contributed by atoms with Crippen LogP contribution in [0.4, 0.5) is 8.78 Å². The van der Waals surface area contributed by atoms with E-state index in [-0.39, 0.29) is 5.92 Å². The van der Waals surface area contributed by atoms with Crippen molar-refractivity contribution in [3.8, 4) is 0 Å². The number of rotatable bonds is 7. The Bertz CT molecular complexity index is 884. The Labute approximate surface area is 158 Å². The van der Waals surface area contributed by atoms with Crippen molar-refractivity contribution in [2.24, 2.45) is 0 Å². The van der Waals surface area contributed by atoms with Crippen molar-refractivity contribution in [3.05, 3.63) is 88.5 Å². The van der Waals surface area contributed by atoms with Crippen molar-refractivity contribution in [1.82, 2.24) is 9.55 Å². The summed E-state index contributed by atoms with van der Waals surface area (Å²) >= 11 is 0. The molecule has 0 aliphatic carbocycles. The molecule has 0 aliphatic rings. The maximum Gasteiger partial charge on any atom is 0.126 e. The lowest BCUT2D eigenvalue weighted by Crippen LogP contribution is -2.10. The van der Waals surface area contributed by atoms with Crippen LogP contribution in [0.15, 0.2) is 48.5 Å². The highest BCUT2D eigenvalue weighted by molar-refractivity contribution is 5.29. The Morgan fingerprint density at radius 1 is 1.00 bits per heavy atom. The SMILES string of the molecule is Cc1nc(C(C)C)c(Cc2cc(F)cc(F)c2)n1COCc1ccccc1. The van der Waals surface area contributed by atoms with Crippen LogP contribution in [0, 0.1) is 18.6 Å². The number of hydrogen-bond donors (Lipinski definition) is 0. The second kappa shape index (κ2) is 8.44. The van der Waals surface area contributed by atoms with Gasteiger partial charge in [0.05, 0.1) is 12.3 Å². The average molecular weight is 370 g/mol. The number of aromatic nitrogens is 2. The van der Waals surface area contributed by atoms with Gasteiger partial charge in [0.1, 0.15) is 24.2 Å². The van der Waals surface area contributed by atoms with E-state index in [9.17, 15) is 8.78 Å². The fraction of sp³-hybridized carbons (Fsp3) is 0.318. The zero-order valence-electron chi connectivity index (χ0n) is 15.9. The summed E-state index contributed by atoms with van der Waals surface area (Å²) in [5.74, 6) is -0.107. The summed E-state index contributed by atoms with van der Waals surface area (Å²) in [7, 11) is 0. The van der Waals surface area contributed by atoms with E-state index in [2.05, 4.69) is 18.8 Å². The predicted octanol–water partition coefficient (Wildman–Crippen LogP) is 5.36. The van der Waals surface area contributed by atoms with Gasteiger partial charge in [-0.3, -0.25) is 0 Å². The highest BCUT2D eigenvalue weighted by Gasteiger charge is 2.18. The maximum absolute atomic E-state index is 13.6. The largest absolute Gasteiger partial charge is 0.356 e. The lowest BCUT2D eigenvalue weighted by molar-refractivity contribution is 0.0611. The molecule has 0 unspecified atom stereocenters. The molecule has 0 amide bonds. The zero-order valence-corrected chi connectivity index (χ0v) is 15.9. The van der Waals surface area contributed by atoms with Gasteiger partial charge in [-0.2, -0.15) is 0 Å². The number of benzene rings is 2. The van der Waals surface area contributed by atoms with E-state index in [0.29, 0.717) is 25.3 Å². The molecule has 2 aromatic carbocycles. The lowest BCUT2D eigenvalue weighted by Gasteiger charge is -2.14. The van der Waals surface area contributed by atoms with Crippen LogP contribution in [0.2, 0.25) is 0 Å². The van der Waals surface area contributed by atoms with Gasteiger partial charge in [-0.05, 0) is 36.1 Å². The molecule has 3 aromatic rings. The first-order valence-electron chi connectivity index (χ1n) is 9.06. The van der Waals surface area contributed by atoms with E-state index in [1.54, 1.807) is 0 Å². The van der Waals surface area contributed by atoms with E-state index >= 15 is 0 Å². The molecule has 0 spiro atoms. The van der Waals surface area contributed by atoms with Gasteiger partial charge in [-0.25, -0.2) is 13.8 Å². The van der Waals surface area contributed by atoms with Crippen LogP contribution in [0.3, 0.4) is 0 Å². The molecule has 0 bridgehead atoms. The normalized spacial score (nSPS) is 11.3. The van der Waals surface area contributed by atoms with Gasteiger partial charge in [0.25, 0.3) is 0 Å². The third-order valence-electron chi connectivity index (χ3n) is 4.47. The molecule has 142 valence electrons. The lowest BCUT2D eigenvalue weighted by atomic mass is 10.0. The second-order valence-corrected chi connectivity index (χ2v) is 6.99. The highest BCUT2D eigenvalue weighted by atomic mass is 19.1. The summed E-state index contributed by atoms with van der Waals surface area (Å²) in [6, 6.07) is 13.6. The highest BCUT2D eigenvalue weighted by Crippen LogP contribution is 2.24. The van der Waals surface area contributed by atoms with Crippen molar-refractivity contribution < 1.29 is 13.5 Å². The van der Waals surface area contributed by atoms with Gasteiger partial charge in [0.2, 0.25) is 0 Å². The summed E-state index contributed by atoms with van der Waals surface area (Å²) in [6.07, 6.45) is 0.401. The van der Waals surface area contributed by atoms with Gasteiger partial charge in [-0.15, -0.1) is 0 Å². The monoisotopic (exact) mass is 370 g/mol. The van der Waals surface area contributed by atoms with E-state index in [1.165, 1.54) is 12.1 Å². The van der Waals surface area contributed by atoms with Crippen LogP contribution >= 0.6 is 0 Å². The quantitative estimate of drug-likeness (QED) is 0.560. The minimum absolute atomic E-state index is 0.201. The van der Waals surface area contributed by atoms with Crippen LogP contribution in [0.25, 0.3) is 0 Å². The predicted molar refractivity (Wildman–Crippen MR) is 101 cm³/mol. The summed E-state index contributed by atoms with van der Waals surface area (Å²) in [5.41, 5.74) is 3.53. The molecule has 3 nitrogen and oxygen atoms in total. The van der Waals surface area contributed by atoms with E-state index in [1.807, 2.05) is 41.8 Å². The molecule has 1 aromatic heterocycles.